The van der Waals surface area contributed by atoms with E-state index in [4.69, 9.17) is 10.5 Å². The van der Waals surface area contributed by atoms with Crippen molar-refractivity contribution in [1.29, 1.82) is 0 Å². The molecule has 0 fully saturated rings. The molecule has 9 nitrogen and oxygen atoms in total. The molecule has 1 aliphatic rings. The highest BCUT2D eigenvalue weighted by Crippen LogP contribution is 2.37. The molecule has 3 aromatic rings. The summed E-state index contributed by atoms with van der Waals surface area (Å²) in [6.45, 7) is 7.93. The summed E-state index contributed by atoms with van der Waals surface area (Å²) >= 11 is 4.06. The van der Waals surface area contributed by atoms with Gasteiger partial charge in [-0.05, 0) is 64.0 Å². The van der Waals surface area contributed by atoms with E-state index < -0.39 is 11.9 Å². The lowest BCUT2D eigenvalue weighted by Crippen LogP contribution is -2.18. The van der Waals surface area contributed by atoms with Crippen LogP contribution in [0.5, 0.6) is 0 Å². The van der Waals surface area contributed by atoms with E-state index >= 15 is 0 Å². The van der Waals surface area contributed by atoms with Crippen molar-refractivity contribution >= 4 is 57.2 Å². The lowest BCUT2D eigenvalue weighted by Gasteiger charge is -2.13. The highest BCUT2D eigenvalue weighted by molar-refractivity contribution is 7.99. The third-order valence-corrected chi connectivity index (χ3v) is 9.25. The molecule has 0 aliphatic heterocycles. The van der Waals surface area contributed by atoms with Gasteiger partial charge in [-0.2, -0.15) is 0 Å². The number of primary amides is 1. The number of anilines is 1. The fourth-order valence-electron chi connectivity index (χ4n) is 4.35. The Hall–Kier alpha value is -2.70. The maximum absolute atomic E-state index is 12.9. The number of aryl methyl sites for hydroxylation is 1. The van der Waals surface area contributed by atoms with Gasteiger partial charge < -0.3 is 20.4 Å². The first-order valence-corrected chi connectivity index (χ1v) is 15.0. The quantitative estimate of drug-likeness (QED) is 0.261. The standard InChI is InChI=1S/C25H31N5O4S3/c1-5-10-30-22(16-11-35-17-9-7-6-8-15(16)17)28-29-25(30)36-12-18(31)27-23-19(24(33)34-13(2)3)14(4)20(37-23)21(26)32/h11,13H,5-10,12H2,1-4H3,(H2,26,32)(H,27,31). The molecule has 3 heterocycles. The molecule has 0 saturated heterocycles. The minimum Gasteiger partial charge on any atom is -0.459 e. The van der Waals surface area contributed by atoms with Crippen LogP contribution in [0.25, 0.3) is 11.4 Å². The zero-order chi connectivity index (χ0) is 26.7. The number of carbonyl (C=O) groups excluding carboxylic acids is 3. The van der Waals surface area contributed by atoms with Gasteiger partial charge in [0.1, 0.15) is 5.00 Å². The number of nitrogens with zero attached hydrogens (tertiary/aromatic N) is 3. The van der Waals surface area contributed by atoms with Gasteiger partial charge in [0.05, 0.1) is 22.3 Å². The maximum Gasteiger partial charge on any atom is 0.341 e. The van der Waals surface area contributed by atoms with E-state index in [0.29, 0.717) is 10.7 Å². The van der Waals surface area contributed by atoms with Gasteiger partial charge in [-0.3, -0.25) is 9.59 Å². The van der Waals surface area contributed by atoms with Crippen molar-refractivity contribution in [3.63, 3.8) is 0 Å². The Morgan fingerprint density at radius 3 is 2.70 bits per heavy atom. The Morgan fingerprint density at radius 1 is 1.24 bits per heavy atom. The van der Waals surface area contributed by atoms with Crippen LogP contribution in [0.3, 0.4) is 0 Å². The van der Waals surface area contributed by atoms with Gasteiger partial charge in [-0.15, -0.1) is 32.9 Å². The molecule has 4 rings (SSSR count). The highest BCUT2D eigenvalue weighted by atomic mass is 32.2. The fraction of sp³-hybridized carbons (Fsp3) is 0.480. The molecule has 0 spiro atoms. The SMILES string of the molecule is CCCn1c(SCC(=O)Nc2sc(C(N)=O)c(C)c2C(=O)OC(C)C)nnc1-c1csc2c1CCCC2. The summed E-state index contributed by atoms with van der Waals surface area (Å²) in [4.78, 5) is 39.1. The highest BCUT2D eigenvalue weighted by Gasteiger charge is 2.27. The smallest absolute Gasteiger partial charge is 0.341 e. The van der Waals surface area contributed by atoms with Crippen LogP contribution in [0.2, 0.25) is 0 Å². The molecule has 0 radical (unpaired) electrons. The van der Waals surface area contributed by atoms with E-state index in [9.17, 15) is 14.4 Å². The van der Waals surface area contributed by atoms with Crippen molar-refractivity contribution in [2.45, 2.75) is 77.6 Å². The first kappa shape index (κ1) is 27.3. The summed E-state index contributed by atoms with van der Waals surface area (Å²) in [6, 6.07) is 0. The number of fused-ring (bicyclic) bond motifs is 1. The van der Waals surface area contributed by atoms with Crippen LogP contribution in [0.4, 0.5) is 5.00 Å². The van der Waals surface area contributed by atoms with E-state index in [1.54, 1.807) is 32.1 Å². The lowest BCUT2D eigenvalue weighted by atomic mass is 9.95. The third-order valence-electron chi connectivity index (χ3n) is 5.97. The van der Waals surface area contributed by atoms with Crippen LogP contribution in [-0.4, -0.2) is 44.4 Å². The third kappa shape index (κ3) is 5.91. The number of thiophene rings is 2. The minimum atomic E-state index is -0.660. The van der Waals surface area contributed by atoms with Crippen molar-refractivity contribution in [3.8, 4) is 11.4 Å². The molecule has 0 atom stereocenters. The predicted octanol–water partition coefficient (Wildman–Crippen LogP) is 5.06. The Morgan fingerprint density at radius 2 is 2.00 bits per heavy atom. The molecule has 1 aliphatic carbocycles. The average molecular weight is 562 g/mol. The molecule has 12 heteroatoms. The summed E-state index contributed by atoms with van der Waals surface area (Å²) in [5.74, 6) is -0.688. The maximum atomic E-state index is 12.9. The molecule has 0 bridgehead atoms. The number of thioether (sulfide) groups is 1. The van der Waals surface area contributed by atoms with Gasteiger partial charge in [0.15, 0.2) is 11.0 Å². The van der Waals surface area contributed by atoms with Crippen LogP contribution < -0.4 is 11.1 Å². The molecule has 0 aromatic carbocycles. The zero-order valence-corrected chi connectivity index (χ0v) is 23.8. The number of nitrogens with two attached hydrogens (primary N) is 1. The second kappa shape index (κ2) is 11.8. The second-order valence-electron chi connectivity index (χ2n) is 9.13. The van der Waals surface area contributed by atoms with Gasteiger partial charge in [0.25, 0.3) is 5.91 Å². The molecular formula is C25H31N5O4S3. The van der Waals surface area contributed by atoms with Crippen LogP contribution in [0, 0.1) is 6.92 Å². The van der Waals surface area contributed by atoms with E-state index in [2.05, 4.69) is 32.4 Å². The number of ether oxygens (including phenoxy) is 1. The topological polar surface area (TPSA) is 129 Å². The van der Waals surface area contributed by atoms with Gasteiger partial charge in [-0.1, -0.05) is 18.7 Å². The minimum absolute atomic E-state index is 0.0606. The van der Waals surface area contributed by atoms with Gasteiger partial charge in [0.2, 0.25) is 5.91 Å². The molecule has 3 aromatic heterocycles. The van der Waals surface area contributed by atoms with Gasteiger partial charge >= 0.3 is 5.97 Å². The monoisotopic (exact) mass is 561 g/mol. The Balaban J connectivity index is 1.52. The normalized spacial score (nSPS) is 13.0. The van der Waals surface area contributed by atoms with Crippen LogP contribution >= 0.6 is 34.4 Å². The number of nitrogens with one attached hydrogen (secondary N) is 1. The number of hydrogen-bond donors (Lipinski definition) is 2. The fourth-order valence-corrected chi connectivity index (χ4v) is 7.30. The van der Waals surface area contributed by atoms with Crippen LogP contribution in [0.15, 0.2) is 10.5 Å². The van der Waals surface area contributed by atoms with Crippen LogP contribution in [-0.2, 0) is 28.9 Å². The van der Waals surface area contributed by atoms with E-state index in [-0.39, 0.29) is 33.2 Å². The number of carbonyl (C=O) groups is 3. The Bertz CT molecular complexity index is 1320. The Labute approximate surface area is 228 Å². The van der Waals surface area contributed by atoms with Crippen molar-refractivity contribution in [1.82, 2.24) is 14.8 Å². The first-order valence-electron chi connectivity index (χ1n) is 12.3. The van der Waals surface area contributed by atoms with Crippen molar-refractivity contribution in [3.05, 3.63) is 31.8 Å². The Kier molecular flexibility index (Phi) is 8.71. The van der Waals surface area contributed by atoms with Crippen molar-refractivity contribution < 1.29 is 19.1 Å². The zero-order valence-electron chi connectivity index (χ0n) is 21.4. The largest absolute Gasteiger partial charge is 0.459 e. The predicted molar refractivity (Wildman–Crippen MR) is 148 cm³/mol. The van der Waals surface area contributed by atoms with Crippen molar-refractivity contribution in [2.24, 2.45) is 5.73 Å². The molecule has 0 unspecified atom stereocenters. The summed E-state index contributed by atoms with van der Waals surface area (Å²) in [5, 5.41) is 14.8. The second-order valence-corrected chi connectivity index (χ2v) is 12.1. The van der Waals surface area contributed by atoms with Gasteiger partial charge in [0, 0.05) is 22.4 Å². The number of aromatic nitrogens is 3. The van der Waals surface area contributed by atoms with Gasteiger partial charge in [-0.25, -0.2) is 4.79 Å². The summed E-state index contributed by atoms with van der Waals surface area (Å²) in [7, 11) is 0. The molecule has 2 amide bonds. The summed E-state index contributed by atoms with van der Waals surface area (Å²) in [5.41, 5.74) is 8.57. The number of rotatable bonds is 10. The van der Waals surface area contributed by atoms with E-state index in [1.807, 2.05) is 0 Å². The molecular weight excluding hydrogens is 531 g/mol. The van der Waals surface area contributed by atoms with E-state index in [1.165, 1.54) is 35.0 Å². The number of hydrogen-bond acceptors (Lipinski definition) is 9. The van der Waals surface area contributed by atoms with Crippen LogP contribution in [0.1, 0.15) is 76.1 Å². The summed E-state index contributed by atoms with van der Waals surface area (Å²) in [6.07, 6.45) is 5.15. The molecule has 0 saturated carbocycles. The van der Waals surface area contributed by atoms with Crippen molar-refractivity contribution in [2.75, 3.05) is 11.1 Å². The number of esters is 1. The lowest BCUT2D eigenvalue weighted by molar-refractivity contribution is -0.113. The molecule has 198 valence electrons. The molecule has 3 N–H and O–H groups in total. The number of amides is 2. The molecule has 37 heavy (non-hydrogen) atoms. The summed E-state index contributed by atoms with van der Waals surface area (Å²) < 4.78 is 7.40. The average Bonchev–Trinajstić information content (AvgIpc) is 3.52. The first-order chi connectivity index (χ1) is 17.7. The van der Waals surface area contributed by atoms with E-state index in [0.717, 1.165) is 48.5 Å².